The molecule has 0 bridgehead atoms. The van der Waals surface area contributed by atoms with E-state index >= 15 is 0 Å². The van der Waals surface area contributed by atoms with Gasteiger partial charge in [0.05, 0.1) is 0 Å². The van der Waals surface area contributed by atoms with E-state index in [9.17, 15) is 9.59 Å². The summed E-state index contributed by atoms with van der Waals surface area (Å²) < 4.78 is 0. The Hall–Kier alpha value is -1.92. The van der Waals surface area contributed by atoms with Gasteiger partial charge < -0.3 is 10.6 Å². The predicted molar refractivity (Wildman–Crippen MR) is 87.6 cm³/mol. The number of carbonyl (C=O) groups excluding carboxylic acids is 2. The average molecular weight is 338 g/mol. The van der Waals surface area contributed by atoms with E-state index in [-0.39, 0.29) is 17.5 Å². The molecule has 22 heavy (non-hydrogen) atoms. The molecule has 0 aliphatic heterocycles. The van der Waals surface area contributed by atoms with Crippen molar-refractivity contribution < 1.29 is 9.59 Å². The molecule has 1 aromatic heterocycles. The number of thiazole rings is 1. The average Bonchev–Trinajstić information content (AvgIpc) is 2.99. The first-order valence-electron chi connectivity index (χ1n) is 6.86. The van der Waals surface area contributed by atoms with Crippen molar-refractivity contribution in [3.8, 4) is 0 Å². The van der Waals surface area contributed by atoms with Gasteiger partial charge in [0.2, 0.25) is 0 Å². The minimum atomic E-state index is -0.277. The summed E-state index contributed by atoms with van der Waals surface area (Å²) in [6.07, 6.45) is 0.705. The van der Waals surface area contributed by atoms with Gasteiger partial charge in [-0.05, 0) is 31.0 Å². The van der Waals surface area contributed by atoms with Crippen LogP contribution < -0.4 is 10.6 Å². The summed E-state index contributed by atoms with van der Waals surface area (Å²) in [4.78, 5) is 27.6. The molecule has 2 aromatic rings. The van der Waals surface area contributed by atoms with Crippen molar-refractivity contribution in [2.24, 2.45) is 0 Å². The minimum Gasteiger partial charge on any atom is -0.350 e. The van der Waals surface area contributed by atoms with Crippen LogP contribution in [-0.2, 0) is 6.42 Å². The fourth-order valence-corrected chi connectivity index (χ4v) is 2.62. The smallest absolute Gasteiger partial charge is 0.280 e. The van der Waals surface area contributed by atoms with E-state index in [0.29, 0.717) is 29.5 Å². The number of halogens is 1. The van der Waals surface area contributed by atoms with Gasteiger partial charge in [0.15, 0.2) is 5.01 Å². The van der Waals surface area contributed by atoms with Crippen molar-refractivity contribution in [1.82, 2.24) is 15.6 Å². The number of nitrogens with one attached hydrogen (secondary N) is 2. The number of benzene rings is 1. The van der Waals surface area contributed by atoms with Crippen LogP contribution in [-0.4, -0.2) is 29.9 Å². The molecule has 1 aromatic carbocycles. The van der Waals surface area contributed by atoms with Crippen molar-refractivity contribution >= 4 is 34.8 Å². The van der Waals surface area contributed by atoms with Gasteiger partial charge in [0, 0.05) is 23.5 Å². The van der Waals surface area contributed by atoms with Gasteiger partial charge >= 0.3 is 0 Å². The maximum absolute atomic E-state index is 12.0. The molecule has 7 heteroatoms. The molecule has 2 amide bonds. The van der Waals surface area contributed by atoms with Gasteiger partial charge in [-0.1, -0.05) is 23.7 Å². The Morgan fingerprint density at radius 2 is 1.91 bits per heavy atom. The van der Waals surface area contributed by atoms with Crippen molar-refractivity contribution in [2.45, 2.75) is 13.3 Å². The van der Waals surface area contributed by atoms with Gasteiger partial charge in [0.1, 0.15) is 5.69 Å². The number of hydrogen-bond donors (Lipinski definition) is 2. The van der Waals surface area contributed by atoms with Crippen LogP contribution in [0.5, 0.6) is 0 Å². The van der Waals surface area contributed by atoms with Gasteiger partial charge in [0.25, 0.3) is 11.8 Å². The Morgan fingerprint density at radius 1 is 1.18 bits per heavy atom. The molecule has 0 radical (unpaired) electrons. The highest BCUT2D eigenvalue weighted by Gasteiger charge is 2.14. The number of hydrogen-bond acceptors (Lipinski definition) is 4. The summed E-state index contributed by atoms with van der Waals surface area (Å²) in [7, 11) is 0. The molecule has 0 unspecified atom stereocenters. The number of carbonyl (C=O) groups is 2. The molecule has 0 saturated carbocycles. The van der Waals surface area contributed by atoms with Crippen LogP contribution in [0, 0.1) is 0 Å². The minimum absolute atomic E-state index is 0.257. The van der Waals surface area contributed by atoms with Crippen molar-refractivity contribution in [3.63, 3.8) is 0 Å². The fourth-order valence-electron chi connectivity index (χ4n) is 1.78. The van der Waals surface area contributed by atoms with E-state index in [4.69, 9.17) is 11.6 Å². The predicted octanol–water partition coefficient (Wildman–Crippen LogP) is 2.52. The Kier molecular flexibility index (Phi) is 5.91. The molecule has 2 N–H and O–H groups in total. The van der Waals surface area contributed by atoms with E-state index in [2.05, 4.69) is 15.6 Å². The zero-order valence-corrected chi connectivity index (χ0v) is 13.6. The Balaban J connectivity index is 1.84. The first-order valence-corrected chi connectivity index (χ1v) is 8.12. The second-order valence-corrected chi connectivity index (χ2v) is 5.82. The van der Waals surface area contributed by atoms with Crippen molar-refractivity contribution in [3.05, 3.63) is 50.9 Å². The van der Waals surface area contributed by atoms with Crippen LogP contribution in [0.4, 0.5) is 0 Å². The lowest BCUT2D eigenvalue weighted by Gasteiger charge is -2.03. The molecule has 0 aliphatic carbocycles. The number of nitrogens with zero attached hydrogens (tertiary/aromatic N) is 1. The van der Waals surface area contributed by atoms with E-state index in [1.165, 1.54) is 0 Å². The van der Waals surface area contributed by atoms with Gasteiger partial charge in [-0.15, -0.1) is 11.3 Å². The maximum atomic E-state index is 12.0. The lowest BCUT2D eigenvalue weighted by molar-refractivity contribution is 0.0949. The van der Waals surface area contributed by atoms with Gasteiger partial charge in [-0.25, -0.2) is 4.98 Å². The summed E-state index contributed by atoms with van der Waals surface area (Å²) in [6.45, 7) is 2.85. The molecule has 0 fully saturated rings. The highest BCUT2D eigenvalue weighted by Crippen LogP contribution is 2.11. The van der Waals surface area contributed by atoms with Crippen LogP contribution >= 0.6 is 22.9 Å². The summed E-state index contributed by atoms with van der Waals surface area (Å²) in [5.74, 6) is -0.534. The SMILES string of the molecule is CCNC(=O)c1nc(C(=O)NCCc2ccc(Cl)cc2)cs1. The second kappa shape index (κ2) is 7.91. The highest BCUT2D eigenvalue weighted by molar-refractivity contribution is 7.11. The molecule has 0 atom stereocenters. The summed E-state index contributed by atoms with van der Waals surface area (Å²) in [5.41, 5.74) is 1.35. The number of aromatic nitrogens is 1. The zero-order valence-electron chi connectivity index (χ0n) is 12.1. The molecule has 116 valence electrons. The molecule has 1 heterocycles. The molecular weight excluding hydrogens is 322 g/mol. The summed E-state index contributed by atoms with van der Waals surface area (Å²) >= 11 is 6.98. The zero-order chi connectivity index (χ0) is 15.9. The number of amides is 2. The number of rotatable bonds is 6. The van der Waals surface area contributed by atoms with Crippen LogP contribution in [0.25, 0.3) is 0 Å². The fraction of sp³-hybridized carbons (Fsp3) is 0.267. The lowest BCUT2D eigenvalue weighted by atomic mass is 10.1. The molecule has 0 saturated heterocycles. The maximum Gasteiger partial charge on any atom is 0.280 e. The first kappa shape index (κ1) is 16.5. The van der Waals surface area contributed by atoms with Crippen LogP contribution in [0.15, 0.2) is 29.6 Å². The molecule has 0 spiro atoms. The van der Waals surface area contributed by atoms with Crippen LogP contribution in [0.3, 0.4) is 0 Å². The standard InChI is InChI=1S/C15H16ClN3O2S/c1-2-17-14(21)15-19-12(9-22-15)13(20)18-8-7-10-3-5-11(16)6-4-10/h3-6,9H,2,7-8H2,1H3,(H,17,21)(H,18,20). The highest BCUT2D eigenvalue weighted by atomic mass is 35.5. The molecular formula is C15H16ClN3O2S. The molecule has 5 nitrogen and oxygen atoms in total. The van der Waals surface area contributed by atoms with Gasteiger partial charge in [-0.3, -0.25) is 9.59 Å². The third-order valence-electron chi connectivity index (χ3n) is 2.88. The van der Waals surface area contributed by atoms with Crippen LogP contribution in [0.1, 0.15) is 32.8 Å². The topological polar surface area (TPSA) is 71.1 Å². The first-order chi connectivity index (χ1) is 10.6. The van der Waals surface area contributed by atoms with E-state index in [1.807, 2.05) is 31.2 Å². The third kappa shape index (κ3) is 4.54. The van der Waals surface area contributed by atoms with Crippen molar-refractivity contribution in [2.75, 3.05) is 13.1 Å². The van der Waals surface area contributed by atoms with E-state index < -0.39 is 0 Å². The lowest BCUT2D eigenvalue weighted by Crippen LogP contribution is -2.26. The van der Waals surface area contributed by atoms with Crippen LogP contribution in [0.2, 0.25) is 5.02 Å². The van der Waals surface area contributed by atoms with E-state index in [1.54, 1.807) is 5.38 Å². The van der Waals surface area contributed by atoms with Gasteiger partial charge in [-0.2, -0.15) is 0 Å². The Labute approximate surface area is 137 Å². The van der Waals surface area contributed by atoms with Crippen molar-refractivity contribution in [1.29, 1.82) is 0 Å². The molecule has 2 rings (SSSR count). The monoisotopic (exact) mass is 337 g/mol. The Bertz CT molecular complexity index is 655. The summed E-state index contributed by atoms with van der Waals surface area (Å²) in [5, 5.41) is 8.01. The quantitative estimate of drug-likeness (QED) is 0.850. The summed E-state index contributed by atoms with van der Waals surface area (Å²) in [6, 6.07) is 7.48. The third-order valence-corrected chi connectivity index (χ3v) is 3.97. The molecule has 0 aliphatic rings. The second-order valence-electron chi connectivity index (χ2n) is 4.53. The van der Waals surface area contributed by atoms with E-state index in [0.717, 1.165) is 16.9 Å². The normalized spacial score (nSPS) is 10.3. The largest absolute Gasteiger partial charge is 0.350 e. The Morgan fingerprint density at radius 3 is 2.59 bits per heavy atom.